The van der Waals surface area contributed by atoms with Crippen LogP contribution in [0.3, 0.4) is 0 Å². The first-order valence-electron chi connectivity index (χ1n) is 6.05. The van der Waals surface area contributed by atoms with Crippen LogP contribution in [0.15, 0.2) is 36.5 Å². The maximum absolute atomic E-state index is 5.58. The molecule has 2 aromatic heterocycles. The highest BCUT2D eigenvalue weighted by Crippen LogP contribution is 2.32. The number of anilines is 1. The van der Waals surface area contributed by atoms with Gasteiger partial charge in [0.1, 0.15) is 0 Å². The van der Waals surface area contributed by atoms with E-state index in [1.807, 2.05) is 36.5 Å². The van der Waals surface area contributed by atoms with Crippen LogP contribution in [0.5, 0.6) is 11.5 Å². The van der Waals surface area contributed by atoms with Gasteiger partial charge in [0.15, 0.2) is 17.1 Å². The number of hydrogen-bond donors (Lipinski definition) is 1. The molecule has 0 amide bonds. The minimum absolute atomic E-state index is 0.259. The number of ether oxygens (including phenoxy) is 2. The lowest BCUT2D eigenvalue weighted by Gasteiger charge is -2.09. The first kappa shape index (κ1) is 12.3. The lowest BCUT2D eigenvalue weighted by Crippen LogP contribution is -1.92. The molecular formula is C14H14N4O2. The summed E-state index contributed by atoms with van der Waals surface area (Å²) in [5, 5.41) is 4.05. The second-order valence-electron chi connectivity index (χ2n) is 4.26. The van der Waals surface area contributed by atoms with Crippen LogP contribution in [0.4, 0.5) is 5.95 Å². The predicted octanol–water partition coefficient (Wildman–Crippen LogP) is 2.00. The molecule has 0 radical (unpaired) electrons. The minimum atomic E-state index is 0.259. The van der Waals surface area contributed by atoms with Crippen molar-refractivity contribution in [3.05, 3.63) is 36.5 Å². The lowest BCUT2D eigenvalue weighted by atomic mass is 10.1. The van der Waals surface area contributed by atoms with Crippen LogP contribution in [-0.4, -0.2) is 28.8 Å². The van der Waals surface area contributed by atoms with E-state index in [2.05, 4.69) is 10.1 Å². The zero-order valence-corrected chi connectivity index (χ0v) is 11.2. The number of hydrogen-bond acceptors (Lipinski definition) is 5. The lowest BCUT2D eigenvalue weighted by molar-refractivity contribution is 0.355. The number of methoxy groups -OCH3 is 2. The van der Waals surface area contributed by atoms with Crippen molar-refractivity contribution in [2.24, 2.45) is 0 Å². The zero-order valence-electron chi connectivity index (χ0n) is 11.2. The fourth-order valence-electron chi connectivity index (χ4n) is 2.09. The molecule has 3 rings (SSSR count). The Kier molecular flexibility index (Phi) is 2.90. The summed E-state index contributed by atoms with van der Waals surface area (Å²) < 4.78 is 12.2. The van der Waals surface area contributed by atoms with Gasteiger partial charge in [-0.1, -0.05) is 6.07 Å². The number of nitrogen functional groups attached to an aromatic ring is 1. The van der Waals surface area contributed by atoms with E-state index in [1.165, 1.54) is 0 Å². The summed E-state index contributed by atoms with van der Waals surface area (Å²) >= 11 is 0. The number of nitrogens with zero attached hydrogens (tertiary/aromatic N) is 3. The number of nitrogens with two attached hydrogens (primary N) is 1. The molecule has 3 aromatic rings. The van der Waals surface area contributed by atoms with Gasteiger partial charge in [-0.3, -0.25) is 0 Å². The standard InChI is InChI=1S/C14H14N4O2/c1-19-11-4-3-9(7-12(11)20-2)10-5-6-18-13(8-10)16-14(15)17-18/h3-8H,1-2H3,(H2,15,17). The smallest absolute Gasteiger partial charge is 0.240 e. The SMILES string of the molecule is COc1ccc(-c2ccn3nc(N)nc3c2)cc1OC. The Morgan fingerprint density at radius 3 is 2.50 bits per heavy atom. The summed E-state index contributed by atoms with van der Waals surface area (Å²) in [7, 11) is 3.23. The molecule has 6 nitrogen and oxygen atoms in total. The van der Waals surface area contributed by atoms with E-state index in [0.29, 0.717) is 17.1 Å². The van der Waals surface area contributed by atoms with Crippen molar-refractivity contribution in [3.8, 4) is 22.6 Å². The molecule has 6 heteroatoms. The van der Waals surface area contributed by atoms with Crippen molar-refractivity contribution in [2.75, 3.05) is 20.0 Å². The second kappa shape index (κ2) is 4.73. The number of benzene rings is 1. The summed E-state index contributed by atoms with van der Waals surface area (Å²) in [4.78, 5) is 4.15. The maximum Gasteiger partial charge on any atom is 0.240 e. The summed E-state index contributed by atoms with van der Waals surface area (Å²) in [5.74, 6) is 1.64. The topological polar surface area (TPSA) is 74.7 Å². The molecule has 1 aromatic carbocycles. The predicted molar refractivity (Wildman–Crippen MR) is 75.9 cm³/mol. The Balaban J connectivity index is 2.09. The average Bonchev–Trinajstić information content (AvgIpc) is 2.85. The number of rotatable bonds is 3. The van der Waals surface area contributed by atoms with E-state index in [0.717, 1.165) is 11.1 Å². The number of aromatic nitrogens is 3. The third kappa shape index (κ3) is 2.01. The van der Waals surface area contributed by atoms with Crippen LogP contribution >= 0.6 is 0 Å². The van der Waals surface area contributed by atoms with Gasteiger partial charge in [0.2, 0.25) is 5.95 Å². The fraction of sp³-hybridized carbons (Fsp3) is 0.143. The Morgan fingerprint density at radius 1 is 1.00 bits per heavy atom. The van der Waals surface area contributed by atoms with Gasteiger partial charge in [-0.25, -0.2) is 4.52 Å². The summed E-state index contributed by atoms with van der Waals surface area (Å²) in [6.07, 6.45) is 1.82. The van der Waals surface area contributed by atoms with Crippen molar-refractivity contribution in [2.45, 2.75) is 0 Å². The molecule has 2 heterocycles. The molecule has 2 N–H and O–H groups in total. The van der Waals surface area contributed by atoms with E-state index in [1.54, 1.807) is 18.7 Å². The molecule has 20 heavy (non-hydrogen) atoms. The first-order valence-corrected chi connectivity index (χ1v) is 6.05. The van der Waals surface area contributed by atoms with Crippen LogP contribution in [-0.2, 0) is 0 Å². The highest BCUT2D eigenvalue weighted by atomic mass is 16.5. The largest absolute Gasteiger partial charge is 0.493 e. The van der Waals surface area contributed by atoms with Gasteiger partial charge in [-0.15, -0.1) is 5.10 Å². The van der Waals surface area contributed by atoms with Crippen molar-refractivity contribution < 1.29 is 9.47 Å². The van der Waals surface area contributed by atoms with E-state index in [9.17, 15) is 0 Å². The second-order valence-corrected chi connectivity index (χ2v) is 4.26. The Hall–Kier alpha value is -2.76. The van der Waals surface area contributed by atoms with Crippen LogP contribution in [0, 0.1) is 0 Å². The fourth-order valence-corrected chi connectivity index (χ4v) is 2.09. The Morgan fingerprint density at radius 2 is 1.75 bits per heavy atom. The van der Waals surface area contributed by atoms with Gasteiger partial charge >= 0.3 is 0 Å². The van der Waals surface area contributed by atoms with E-state index in [-0.39, 0.29) is 5.95 Å². The van der Waals surface area contributed by atoms with Crippen molar-refractivity contribution in [1.29, 1.82) is 0 Å². The van der Waals surface area contributed by atoms with Crippen LogP contribution in [0.25, 0.3) is 16.8 Å². The average molecular weight is 270 g/mol. The molecule has 0 aliphatic rings. The maximum atomic E-state index is 5.58. The molecule has 0 aliphatic heterocycles. The highest BCUT2D eigenvalue weighted by Gasteiger charge is 2.08. The van der Waals surface area contributed by atoms with Crippen molar-refractivity contribution in [1.82, 2.24) is 14.6 Å². The van der Waals surface area contributed by atoms with Gasteiger partial charge < -0.3 is 15.2 Å². The molecule has 0 saturated carbocycles. The third-order valence-electron chi connectivity index (χ3n) is 3.07. The molecule has 0 fully saturated rings. The Bertz CT molecular complexity index is 767. The zero-order chi connectivity index (χ0) is 14.1. The van der Waals surface area contributed by atoms with Crippen LogP contribution < -0.4 is 15.2 Å². The highest BCUT2D eigenvalue weighted by molar-refractivity contribution is 5.70. The first-order chi connectivity index (χ1) is 9.71. The molecular weight excluding hydrogens is 256 g/mol. The Labute approximate surface area is 115 Å². The molecule has 0 atom stereocenters. The quantitative estimate of drug-likeness (QED) is 0.787. The van der Waals surface area contributed by atoms with Gasteiger partial charge in [0, 0.05) is 6.20 Å². The number of fused-ring (bicyclic) bond motifs is 1. The van der Waals surface area contributed by atoms with Crippen LogP contribution in [0.1, 0.15) is 0 Å². The third-order valence-corrected chi connectivity index (χ3v) is 3.07. The molecule has 0 spiro atoms. The van der Waals surface area contributed by atoms with Crippen molar-refractivity contribution >= 4 is 11.6 Å². The molecule has 0 aliphatic carbocycles. The monoisotopic (exact) mass is 270 g/mol. The van der Waals surface area contributed by atoms with Crippen LogP contribution in [0.2, 0.25) is 0 Å². The van der Waals surface area contributed by atoms with Gasteiger partial charge in [0.25, 0.3) is 0 Å². The molecule has 0 saturated heterocycles. The van der Waals surface area contributed by atoms with E-state index >= 15 is 0 Å². The summed E-state index contributed by atoms with van der Waals surface area (Å²) in [6.45, 7) is 0. The van der Waals surface area contributed by atoms with E-state index in [4.69, 9.17) is 15.2 Å². The molecule has 102 valence electrons. The minimum Gasteiger partial charge on any atom is -0.493 e. The van der Waals surface area contributed by atoms with Crippen molar-refractivity contribution in [3.63, 3.8) is 0 Å². The normalized spacial score (nSPS) is 10.7. The van der Waals surface area contributed by atoms with Gasteiger partial charge in [-0.05, 0) is 35.4 Å². The summed E-state index contributed by atoms with van der Waals surface area (Å²) in [5.41, 5.74) is 8.30. The molecule has 0 unspecified atom stereocenters. The van der Waals surface area contributed by atoms with Gasteiger partial charge in [-0.2, -0.15) is 4.98 Å². The molecule has 0 bridgehead atoms. The van der Waals surface area contributed by atoms with Gasteiger partial charge in [0.05, 0.1) is 14.2 Å². The van der Waals surface area contributed by atoms with E-state index < -0.39 is 0 Å². The number of pyridine rings is 1. The summed E-state index contributed by atoms with van der Waals surface area (Å²) in [6, 6.07) is 9.63.